The second-order valence-corrected chi connectivity index (χ2v) is 6.51. The zero-order valence-corrected chi connectivity index (χ0v) is 14.9. The van der Waals surface area contributed by atoms with Crippen molar-refractivity contribution in [2.24, 2.45) is 0 Å². The number of halogens is 1. The summed E-state index contributed by atoms with van der Waals surface area (Å²) >= 11 is 6.91. The SMILES string of the molecule is O=C(Nc1nc(-c2cccc([N+](=O)[O-])c2)cs1)c1cc(Cl)ccc1[N+](=O)[O-]. The van der Waals surface area contributed by atoms with E-state index in [4.69, 9.17) is 11.6 Å². The van der Waals surface area contributed by atoms with E-state index in [0.29, 0.717) is 11.3 Å². The molecule has 2 aromatic carbocycles. The maximum atomic E-state index is 12.4. The molecule has 27 heavy (non-hydrogen) atoms. The van der Waals surface area contributed by atoms with Crippen molar-refractivity contribution in [2.75, 3.05) is 5.32 Å². The summed E-state index contributed by atoms with van der Waals surface area (Å²) in [5.74, 6) is -0.732. The van der Waals surface area contributed by atoms with Gasteiger partial charge in [-0.3, -0.25) is 30.3 Å². The van der Waals surface area contributed by atoms with Gasteiger partial charge in [-0.1, -0.05) is 23.7 Å². The molecule has 0 bridgehead atoms. The van der Waals surface area contributed by atoms with E-state index in [1.165, 1.54) is 30.3 Å². The summed E-state index contributed by atoms with van der Waals surface area (Å²) in [6.07, 6.45) is 0. The van der Waals surface area contributed by atoms with E-state index in [1.807, 2.05) is 0 Å². The van der Waals surface area contributed by atoms with Gasteiger partial charge < -0.3 is 0 Å². The van der Waals surface area contributed by atoms with Gasteiger partial charge in [-0.2, -0.15) is 0 Å². The number of thiazole rings is 1. The highest BCUT2D eigenvalue weighted by molar-refractivity contribution is 7.14. The number of amides is 1. The van der Waals surface area contributed by atoms with Gasteiger partial charge in [0.25, 0.3) is 17.3 Å². The van der Waals surface area contributed by atoms with Gasteiger partial charge in [-0.05, 0) is 12.1 Å². The van der Waals surface area contributed by atoms with Crippen molar-refractivity contribution < 1.29 is 14.6 Å². The first kappa shape index (κ1) is 18.4. The standard InChI is InChI=1S/C16H9ClN4O5S/c17-10-4-5-14(21(25)26)12(7-10)15(22)19-16-18-13(8-27-16)9-2-1-3-11(6-9)20(23)24/h1-8H,(H,18,19,22). The Morgan fingerprint density at radius 1 is 1.11 bits per heavy atom. The Morgan fingerprint density at radius 3 is 2.59 bits per heavy atom. The molecule has 0 aliphatic heterocycles. The molecule has 1 N–H and O–H groups in total. The third-order valence-corrected chi connectivity index (χ3v) is 4.47. The normalized spacial score (nSPS) is 10.4. The fraction of sp³-hybridized carbons (Fsp3) is 0. The topological polar surface area (TPSA) is 128 Å². The zero-order chi connectivity index (χ0) is 19.6. The number of nitrogens with zero attached hydrogens (tertiary/aromatic N) is 3. The minimum absolute atomic E-state index is 0.0827. The largest absolute Gasteiger partial charge is 0.298 e. The van der Waals surface area contributed by atoms with Gasteiger partial charge in [0, 0.05) is 34.2 Å². The average molecular weight is 405 g/mol. The maximum Gasteiger partial charge on any atom is 0.282 e. The van der Waals surface area contributed by atoms with Crippen molar-refractivity contribution in [2.45, 2.75) is 0 Å². The predicted octanol–water partition coefficient (Wildman–Crippen LogP) is 4.53. The molecule has 0 atom stereocenters. The van der Waals surface area contributed by atoms with Gasteiger partial charge >= 0.3 is 0 Å². The lowest BCUT2D eigenvalue weighted by Crippen LogP contribution is -2.13. The summed E-state index contributed by atoms with van der Waals surface area (Å²) in [5.41, 5.74) is 0.280. The summed E-state index contributed by atoms with van der Waals surface area (Å²) in [6, 6.07) is 9.56. The Bertz CT molecular complexity index is 1070. The summed E-state index contributed by atoms with van der Waals surface area (Å²) in [4.78, 5) is 37.3. The van der Waals surface area contributed by atoms with Crippen LogP contribution in [-0.4, -0.2) is 20.7 Å². The quantitative estimate of drug-likeness (QED) is 0.491. The van der Waals surface area contributed by atoms with Crippen molar-refractivity contribution in [1.82, 2.24) is 4.98 Å². The lowest BCUT2D eigenvalue weighted by Gasteiger charge is -2.03. The Balaban J connectivity index is 1.85. The number of hydrogen-bond donors (Lipinski definition) is 1. The van der Waals surface area contributed by atoms with Gasteiger partial charge in [-0.25, -0.2) is 4.98 Å². The van der Waals surface area contributed by atoms with Crippen molar-refractivity contribution in [3.63, 3.8) is 0 Å². The van der Waals surface area contributed by atoms with Crippen LogP contribution in [0.4, 0.5) is 16.5 Å². The smallest absolute Gasteiger partial charge is 0.282 e. The van der Waals surface area contributed by atoms with E-state index in [1.54, 1.807) is 11.4 Å². The molecular weight excluding hydrogens is 396 g/mol. The molecule has 0 aliphatic carbocycles. The van der Waals surface area contributed by atoms with E-state index in [0.717, 1.165) is 17.4 Å². The Hall–Kier alpha value is -3.37. The van der Waals surface area contributed by atoms with Crippen LogP contribution in [0.5, 0.6) is 0 Å². The molecule has 0 spiro atoms. The summed E-state index contributed by atoms with van der Waals surface area (Å²) in [7, 11) is 0. The number of carbonyl (C=O) groups excluding carboxylic acids is 1. The molecule has 1 amide bonds. The summed E-state index contributed by atoms with van der Waals surface area (Å²) < 4.78 is 0. The lowest BCUT2D eigenvalue weighted by atomic mass is 10.1. The first-order valence-corrected chi connectivity index (χ1v) is 8.56. The van der Waals surface area contributed by atoms with Gasteiger partial charge in [0.15, 0.2) is 5.13 Å². The molecule has 0 saturated carbocycles. The minimum atomic E-state index is -0.732. The molecule has 11 heteroatoms. The molecule has 0 radical (unpaired) electrons. The average Bonchev–Trinajstić information content (AvgIpc) is 3.10. The van der Waals surface area contributed by atoms with E-state index in [-0.39, 0.29) is 27.1 Å². The number of nitro benzene ring substituents is 2. The highest BCUT2D eigenvalue weighted by Crippen LogP contribution is 2.29. The van der Waals surface area contributed by atoms with Crippen LogP contribution in [0.25, 0.3) is 11.3 Å². The molecule has 136 valence electrons. The molecule has 0 aliphatic rings. The van der Waals surface area contributed by atoms with E-state index < -0.39 is 15.8 Å². The second-order valence-electron chi connectivity index (χ2n) is 5.22. The predicted molar refractivity (Wildman–Crippen MR) is 100 cm³/mol. The summed E-state index contributed by atoms with van der Waals surface area (Å²) in [5, 5.41) is 26.4. The number of rotatable bonds is 5. The van der Waals surface area contributed by atoms with Crippen LogP contribution in [-0.2, 0) is 0 Å². The number of nitro groups is 2. The fourth-order valence-electron chi connectivity index (χ4n) is 2.26. The van der Waals surface area contributed by atoms with Crippen LogP contribution in [0.1, 0.15) is 10.4 Å². The highest BCUT2D eigenvalue weighted by atomic mass is 35.5. The zero-order valence-electron chi connectivity index (χ0n) is 13.3. The molecule has 9 nitrogen and oxygen atoms in total. The number of hydrogen-bond acceptors (Lipinski definition) is 7. The number of nitrogens with one attached hydrogen (secondary N) is 1. The third kappa shape index (κ3) is 4.07. The monoisotopic (exact) mass is 404 g/mol. The lowest BCUT2D eigenvalue weighted by molar-refractivity contribution is -0.385. The van der Waals surface area contributed by atoms with Crippen molar-refractivity contribution in [3.05, 3.63) is 78.7 Å². The van der Waals surface area contributed by atoms with Crippen LogP contribution >= 0.6 is 22.9 Å². The van der Waals surface area contributed by atoms with Crippen molar-refractivity contribution >= 4 is 45.4 Å². The van der Waals surface area contributed by atoms with E-state index in [9.17, 15) is 25.0 Å². The Labute approximate surface area is 160 Å². The van der Waals surface area contributed by atoms with Crippen molar-refractivity contribution in [3.8, 4) is 11.3 Å². The maximum absolute atomic E-state index is 12.4. The van der Waals surface area contributed by atoms with Crippen LogP contribution in [0, 0.1) is 20.2 Å². The third-order valence-electron chi connectivity index (χ3n) is 3.48. The second kappa shape index (κ2) is 7.48. The van der Waals surface area contributed by atoms with Crippen LogP contribution in [0.2, 0.25) is 5.02 Å². The fourth-order valence-corrected chi connectivity index (χ4v) is 3.14. The Kier molecular flexibility index (Phi) is 5.10. The number of benzene rings is 2. The van der Waals surface area contributed by atoms with E-state index in [2.05, 4.69) is 10.3 Å². The number of aromatic nitrogens is 1. The van der Waals surface area contributed by atoms with E-state index >= 15 is 0 Å². The molecule has 1 heterocycles. The van der Waals surface area contributed by atoms with Gasteiger partial charge in [0.05, 0.1) is 15.5 Å². The van der Waals surface area contributed by atoms with Crippen LogP contribution in [0.3, 0.4) is 0 Å². The highest BCUT2D eigenvalue weighted by Gasteiger charge is 2.21. The number of carbonyl (C=O) groups is 1. The number of non-ortho nitro benzene ring substituents is 1. The molecule has 3 aromatic rings. The van der Waals surface area contributed by atoms with Gasteiger partial charge in [-0.15, -0.1) is 11.3 Å². The molecule has 0 fully saturated rings. The molecule has 3 rings (SSSR count). The first-order chi connectivity index (χ1) is 12.8. The Morgan fingerprint density at radius 2 is 1.89 bits per heavy atom. The first-order valence-electron chi connectivity index (χ1n) is 7.31. The molecule has 0 unspecified atom stereocenters. The number of anilines is 1. The molecule has 1 aromatic heterocycles. The van der Waals surface area contributed by atoms with Crippen LogP contribution in [0.15, 0.2) is 47.8 Å². The summed E-state index contributed by atoms with van der Waals surface area (Å²) in [6.45, 7) is 0. The van der Waals surface area contributed by atoms with Crippen LogP contribution < -0.4 is 5.32 Å². The van der Waals surface area contributed by atoms with Gasteiger partial charge in [0.2, 0.25) is 0 Å². The van der Waals surface area contributed by atoms with Gasteiger partial charge in [0.1, 0.15) is 5.56 Å². The minimum Gasteiger partial charge on any atom is -0.298 e. The molecular formula is C16H9ClN4O5S. The molecule has 0 saturated heterocycles. The van der Waals surface area contributed by atoms with Crippen molar-refractivity contribution in [1.29, 1.82) is 0 Å².